The molecular formula is C18H17F3N4OS. The standard InChI is InChI=1S/C18H17F3N4OS/c1-11-9-24-14(10-23-11)15(26)8-12-3-2-4-13(7-12)17(18(19,20)21)5-6-27-16(22)25-17/h2-4,7,9-10H,5-6,8H2,1H3,(H2,22,25). The van der Waals surface area contributed by atoms with Crippen molar-refractivity contribution in [3.63, 3.8) is 0 Å². The highest BCUT2D eigenvalue weighted by Gasteiger charge is 2.57. The summed E-state index contributed by atoms with van der Waals surface area (Å²) in [5, 5.41) is -0.0880. The van der Waals surface area contributed by atoms with Crippen LogP contribution in [0.5, 0.6) is 0 Å². The average Bonchev–Trinajstić information content (AvgIpc) is 2.61. The van der Waals surface area contributed by atoms with Crippen LogP contribution in [0.25, 0.3) is 0 Å². The number of amidine groups is 1. The van der Waals surface area contributed by atoms with Gasteiger partial charge in [0.05, 0.1) is 11.9 Å². The van der Waals surface area contributed by atoms with E-state index < -0.39 is 11.7 Å². The zero-order valence-corrected chi connectivity index (χ0v) is 15.3. The molecule has 0 radical (unpaired) electrons. The highest BCUT2D eigenvalue weighted by atomic mass is 32.2. The molecule has 2 aromatic rings. The number of thioether (sulfide) groups is 1. The van der Waals surface area contributed by atoms with Crippen molar-refractivity contribution >= 4 is 22.7 Å². The maximum atomic E-state index is 13.9. The summed E-state index contributed by atoms with van der Waals surface area (Å²) in [7, 11) is 0. The van der Waals surface area contributed by atoms with Gasteiger partial charge in [0.25, 0.3) is 0 Å². The number of hydrogen-bond acceptors (Lipinski definition) is 6. The van der Waals surface area contributed by atoms with E-state index in [-0.39, 0.29) is 40.8 Å². The highest BCUT2D eigenvalue weighted by molar-refractivity contribution is 8.13. The third-order valence-electron chi connectivity index (χ3n) is 4.32. The monoisotopic (exact) mass is 394 g/mol. The second-order valence-corrected chi connectivity index (χ2v) is 7.37. The Labute approximate surface area is 158 Å². The van der Waals surface area contributed by atoms with Crippen LogP contribution in [0.15, 0.2) is 41.7 Å². The van der Waals surface area contributed by atoms with Gasteiger partial charge in [-0.25, -0.2) is 9.98 Å². The molecule has 0 spiro atoms. The Morgan fingerprint density at radius 1 is 1.30 bits per heavy atom. The lowest BCUT2D eigenvalue weighted by Gasteiger charge is -2.35. The number of aryl methyl sites for hydroxylation is 1. The summed E-state index contributed by atoms with van der Waals surface area (Å²) in [6.07, 6.45) is -2.04. The van der Waals surface area contributed by atoms with Crippen molar-refractivity contribution in [2.75, 3.05) is 5.75 Å². The fraction of sp³-hybridized carbons (Fsp3) is 0.333. The van der Waals surface area contributed by atoms with Gasteiger partial charge in [0.15, 0.2) is 16.5 Å². The molecule has 2 heterocycles. The molecule has 142 valence electrons. The first-order valence-corrected chi connectivity index (χ1v) is 9.16. The van der Waals surface area contributed by atoms with Gasteiger partial charge in [-0.15, -0.1) is 0 Å². The van der Waals surface area contributed by atoms with Crippen LogP contribution in [-0.2, 0) is 12.0 Å². The number of hydrogen-bond donors (Lipinski definition) is 1. The molecular weight excluding hydrogens is 377 g/mol. The minimum absolute atomic E-state index is 0.0152. The summed E-state index contributed by atoms with van der Waals surface area (Å²) in [4.78, 5) is 24.2. The maximum absolute atomic E-state index is 13.9. The fourth-order valence-corrected chi connectivity index (χ4v) is 3.74. The number of carbonyl (C=O) groups excluding carboxylic acids is 1. The molecule has 1 aromatic carbocycles. The van der Waals surface area contributed by atoms with E-state index in [0.29, 0.717) is 11.3 Å². The van der Waals surface area contributed by atoms with E-state index >= 15 is 0 Å². The van der Waals surface area contributed by atoms with E-state index in [4.69, 9.17) is 5.73 Å². The van der Waals surface area contributed by atoms with E-state index in [0.717, 1.165) is 11.8 Å². The smallest absolute Gasteiger partial charge is 0.379 e. The fourth-order valence-electron chi connectivity index (χ4n) is 2.91. The molecule has 27 heavy (non-hydrogen) atoms. The SMILES string of the molecule is Cc1cnc(C(=O)Cc2cccc(C3(C(F)(F)F)CCSC(N)=N3)c2)cn1. The Hall–Kier alpha value is -2.42. The van der Waals surface area contributed by atoms with E-state index in [1.807, 2.05) is 0 Å². The van der Waals surface area contributed by atoms with Crippen LogP contribution in [0.4, 0.5) is 13.2 Å². The molecule has 0 saturated carbocycles. The zero-order chi connectivity index (χ0) is 19.7. The molecule has 1 aliphatic rings. The van der Waals surface area contributed by atoms with E-state index in [1.165, 1.54) is 30.6 Å². The van der Waals surface area contributed by atoms with Crippen molar-refractivity contribution in [1.82, 2.24) is 9.97 Å². The second-order valence-electron chi connectivity index (χ2n) is 6.25. The van der Waals surface area contributed by atoms with Gasteiger partial charge in [-0.2, -0.15) is 13.2 Å². The summed E-state index contributed by atoms with van der Waals surface area (Å²) >= 11 is 1.10. The first-order chi connectivity index (χ1) is 12.7. The van der Waals surface area contributed by atoms with E-state index in [1.54, 1.807) is 13.0 Å². The van der Waals surface area contributed by atoms with Gasteiger partial charge in [0.2, 0.25) is 0 Å². The average molecular weight is 394 g/mol. The van der Waals surface area contributed by atoms with Crippen LogP contribution < -0.4 is 5.73 Å². The number of alkyl halides is 3. The molecule has 3 rings (SSSR count). The molecule has 1 atom stereocenters. The van der Waals surface area contributed by atoms with Gasteiger partial charge in [0.1, 0.15) is 5.69 Å². The predicted octanol–water partition coefficient (Wildman–Crippen LogP) is 3.42. The van der Waals surface area contributed by atoms with E-state index in [2.05, 4.69) is 15.0 Å². The Kier molecular flexibility index (Phi) is 5.23. The quantitative estimate of drug-likeness (QED) is 0.804. The lowest BCUT2D eigenvalue weighted by atomic mass is 9.85. The minimum Gasteiger partial charge on any atom is -0.379 e. The molecule has 0 saturated heterocycles. The third-order valence-corrected chi connectivity index (χ3v) is 5.11. The van der Waals surface area contributed by atoms with Gasteiger partial charge in [-0.05, 0) is 24.5 Å². The summed E-state index contributed by atoms with van der Waals surface area (Å²) in [6, 6.07) is 5.86. The number of carbonyl (C=O) groups is 1. The molecule has 0 fully saturated rings. The van der Waals surface area contributed by atoms with E-state index in [9.17, 15) is 18.0 Å². The summed E-state index contributed by atoms with van der Waals surface area (Å²) in [5.41, 5.74) is 4.50. The topological polar surface area (TPSA) is 81.2 Å². The van der Waals surface area contributed by atoms with Gasteiger partial charge in [0, 0.05) is 18.4 Å². The summed E-state index contributed by atoms with van der Waals surface area (Å²) < 4.78 is 41.7. The Balaban J connectivity index is 1.93. The number of halogens is 3. The van der Waals surface area contributed by atoms with Crippen molar-refractivity contribution in [3.8, 4) is 0 Å². The van der Waals surface area contributed by atoms with Gasteiger partial charge >= 0.3 is 6.18 Å². The highest BCUT2D eigenvalue weighted by Crippen LogP contribution is 2.48. The van der Waals surface area contributed by atoms with Gasteiger partial charge in [-0.3, -0.25) is 9.78 Å². The van der Waals surface area contributed by atoms with Crippen LogP contribution in [-0.4, -0.2) is 32.8 Å². The first-order valence-electron chi connectivity index (χ1n) is 8.17. The number of benzene rings is 1. The van der Waals surface area contributed by atoms with Crippen molar-refractivity contribution in [2.45, 2.75) is 31.5 Å². The first kappa shape index (κ1) is 19.3. The molecule has 5 nitrogen and oxygen atoms in total. The number of nitrogens with zero attached hydrogens (tertiary/aromatic N) is 3. The minimum atomic E-state index is -4.59. The molecule has 1 unspecified atom stereocenters. The zero-order valence-electron chi connectivity index (χ0n) is 14.5. The molecule has 2 N–H and O–H groups in total. The van der Waals surface area contributed by atoms with Crippen LogP contribution in [0, 0.1) is 6.92 Å². The number of aliphatic imine (C=N–C) groups is 1. The number of rotatable bonds is 4. The molecule has 1 aliphatic heterocycles. The van der Waals surface area contributed by atoms with Crippen LogP contribution >= 0.6 is 11.8 Å². The number of aromatic nitrogens is 2. The molecule has 9 heteroatoms. The van der Waals surface area contributed by atoms with Gasteiger partial charge < -0.3 is 5.73 Å². The predicted molar refractivity (Wildman–Crippen MR) is 97.7 cm³/mol. The van der Waals surface area contributed by atoms with Crippen LogP contribution in [0.3, 0.4) is 0 Å². The lowest BCUT2D eigenvalue weighted by molar-refractivity contribution is -0.189. The van der Waals surface area contributed by atoms with Crippen molar-refractivity contribution < 1.29 is 18.0 Å². The summed E-state index contributed by atoms with van der Waals surface area (Å²) in [5.74, 6) is -0.0975. The second kappa shape index (κ2) is 7.30. The van der Waals surface area contributed by atoms with Crippen molar-refractivity contribution in [3.05, 3.63) is 59.2 Å². The Morgan fingerprint density at radius 2 is 2.07 bits per heavy atom. The van der Waals surface area contributed by atoms with Crippen LogP contribution in [0.2, 0.25) is 0 Å². The molecule has 0 aliphatic carbocycles. The Morgan fingerprint density at radius 3 is 2.70 bits per heavy atom. The number of nitrogens with two attached hydrogens (primary N) is 1. The molecule has 0 amide bonds. The lowest BCUT2D eigenvalue weighted by Crippen LogP contribution is -2.44. The summed E-state index contributed by atoms with van der Waals surface area (Å²) in [6.45, 7) is 1.75. The number of ketones is 1. The number of Topliss-reactive ketones (excluding diaryl/α,β-unsaturated/α-hetero) is 1. The van der Waals surface area contributed by atoms with Crippen molar-refractivity contribution in [1.29, 1.82) is 0 Å². The van der Waals surface area contributed by atoms with Gasteiger partial charge in [-0.1, -0.05) is 36.0 Å². The maximum Gasteiger partial charge on any atom is 0.417 e. The largest absolute Gasteiger partial charge is 0.417 e. The third kappa shape index (κ3) is 3.97. The molecule has 0 bridgehead atoms. The molecule has 1 aromatic heterocycles. The van der Waals surface area contributed by atoms with Crippen molar-refractivity contribution in [2.24, 2.45) is 10.7 Å². The Bertz CT molecular complexity index is 883. The normalized spacial score (nSPS) is 20.2. The van der Waals surface area contributed by atoms with Crippen LogP contribution in [0.1, 0.15) is 33.7 Å².